The molecule has 0 spiro atoms. The Morgan fingerprint density at radius 3 is 2.42 bits per heavy atom. The number of hydrogen-bond acceptors (Lipinski definition) is 4. The maximum Gasteiger partial charge on any atom is 0.454 e. The Balaban J connectivity index is 1.93. The van der Waals surface area contributed by atoms with Gasteiger partial charge in [0.05, 0.1) is 13.5 Å². The van der Waals surface area contributed by atoms with Gasteiger partial charge in [0.2, 0.25) is 5.91 Å². The molecule has 1 aromatic carbocycles. The van der Waals surface area contributed by atoms with E-state index in [4.69, 9.17) is 4.74 Å². The van der Waals surface area contributed by atoms with Crippen LogP contribution in [-0.4, -0.2) is 25.0 Å². The molecule has 0 aromatic heterocycles. The molecule has 0 bridgehead atoms. The summed E-state index contributed by atoms with van der Waals surface area (Å²) in [5, 5.41) is 0. The minimum atomic E-state index is -4.90. The van der Waals surface area contributed by atoms with Gasteiger partial charge in [-0.2, -0.15) is 13.2 Å². The van der Waals surface area contributed by atoms with Crippen LogP contribution in [-0.2, 0) is 16.0 Å². The molecule has 1 aliphatic rings. The number of hydrogen-bond donors (Lipinski definition) is 2. The molecule has 0 unspecified atom stereocenters. The predicted octanol–water partition coefficient (Wildman–Crippen LogP) is 2.43. The highest BCUT2D eigenvalue weighted by Gasteiger charge is 2.42. The van der Waals surface area contributed by atoms with Crippen LogP contribution in [0.4, 0.5) is 13.2 Å². The number of carbonyl (C=O) groups is 2. The second kappa shape index (κ2) is 7.37. The topological polar surface area (TPSA) is 67.4 Å². The average Bonchev–Trinajstić information content (AvgIpc) is 3.00. The summed E-state index contributed by atoms with van der Waals surface area (Å²) in [4.78, 5) is 23.2. The summed E-state index contributed by atoms with van der Waals surface area (Å²) < 4.78 is 42.5. The lowest BCUT2D eigenvalue weighted by molar-refractivity contribution is -0.166. The molecule has 0 fully saturated rings. The van der Waals surface area contributed by atoms with Crippen molar-refractivity contribution in [3.8, 4) is 5.75 Å². The first-order valence-electron chi connectivity index (χ1n) is 7.32. The maximum atomic E-state index is 12.5. The van der Waals surface area contributed by atoms with Crippen LogP contribution in [0.25, 0.3) is 0 Å². The summed E-state index contributed by atoms with van der Waals surface area (Å²) in [6.07, 6.45) is -4.07. The van der Waals surface area contributed by atoms with Crippen LogP contribution >= 0.6 is 0 Å². The number of ketones is 1. The highest BCUT2D eigenvalue weighted by Crippen LogP contribution is 2.30. The average molecular weight is 342 g/mol. The van der Waals surface area contributed by atoms with Crippen molar-refractivity contribution >= 4 is 11.7 Å². The van der Waals surface area contributed by atoms with Crippen molar-refractivity contribution in [3.63, 3.8) is 0 Å². The fraction of sp³-hybridized carbons (Fsp3) is 0.375. The quantitative estimate of drug-likeness (QED) is 0.779. The van der Waals surface area contributed by atoms with E-state index in [2.05, 4.69) is 10.9 Å². The summed E-state index contributed by atoms with van der Waals surface area (Å²) in [6.45, 7) is 0. The van der Waals surface area contributed by atoms with Gasteiger partial charge in [-0.1, -0.05) is 12.1 Å². The zero-order chi connectivity index (χ0) is 17.7. The van der Waals surface area contributed by atoms with Gasteiger partial charge < -0.3 is 10.2 Å². The van der Waals surface area contributed by atoms with E-state index < -0.39 is 17.9 Å². The van der Waals surface area contributed by atoms with Crippen molar-refractivity contribution in [2.75, 3.05) is 7.11 Å². The third kappa shape index (κ3) is 4.50. The zero-order valence-electron chi connectivity index (χ0n) is 13.0. The molecule has 0 radical (unpaired) electrons. The van der Waals surface area contributed by atoms with E-state index in [0.29, 0.717) is 18.6 Å². The molecule has 0 atom stereocenters. The monoisotopic (exact) mass is 342 g/mol. The minimum absolute atomic E-state index is 0.0484. The number of hydrazine groups is 1. The van der Waals surface area contributed by atoms with Gasteiger partial charge >= 0.3 is 6.18 Å². The van der Waals surface area contributed by atoms with Gasteiger partial charge in [-0.3, -0.25) is 15.0 Å². The SMILES string of the molecule is COc1ccc(CC(=O)NNC2=C(C(=O)C(F)(F)F)CCC2)cc1. The Hall–Kier alpha value is -2.51. The van der Waals surface area contributed by atoms with Crippen LogP contribution < -0.4 is 15.6 Å². The molecule has 1 aliphatic carbocycles. The molecular formula is C16H17F3N2O3. The lowest BCUT2D eigenvalue weighted by atomic mass is 10.1. The van der Waals surface area contributed by atoms with E-state index in [9.17, 15) is 22.8 Å². The zero-order valence-corrected chi connectivity index (χ0v) is 13.0. The van der Waals surface area contributed by atoms with Gasteiger partial charge in [-0.25, -0.2) is 0 Å². The number of Topliss-reactive ketones (excluding diaryl/α,β-unsaturated/α-hetero) is 1. The number of benzene rings is 1. The lowest BCUT2D eigenvalue weighted by Crippen LogP contribution is -2.38. The van der Waals surface area contributed by atoms with E-state index in [1.165, 1.54) is 7.11 Å². The molecule has 8 heteroatoms. The molecule has 5 nitrogen and oxygen atoms in total. The van der Waals surface area contributed by atoms with Gasteiger partial charge in [-0.15, -0.1) is 0 Å². The Bertz CT molecular complexity index is 652. The van der Waals surface area contributed by atoms with E-state index in [0.717, 1.165) is 5.56 Å². The molecule has 130 valence electrons. The largest absolute Gasteiger partial charge is 0.497 e. The number of methoxy groups -OCH3 is 1. The van der Waals surface area contributed by atoms with E-state index in [1.54, 1.807) is 24.3 Å². The fourth-order valence-corrected chi connectivity index (χ4v) is 2.42. The minimum Gasteiger partial charge on any atom is -0.497 e. The molecule has 0 heterocycles. The number of ether oxygens (including phenoxy) is 1. The first kappa shape index (κ1) is 17.8. The molecule has 2 N–H and O–H groups in total. The normalized spacial score (nSPS) is 14.5. The maximum absolute atomic E-state index is 12.5. The van der Waals surface area contributed by atoms with Crippen molar-refractivity contribution in [2.45, 2.75) is 31.9 Å². The van der Waals surface area contributed by atoms with Crippen LogP contribution in [0, 0.1) is 0 Å². The molecule has 0 aliphatic heterocycles. The number of nitrogens with one attached hydrogen (secondary N) is 2. The number of halogens is 3. The van der Waals surface area contributed by atoms with Crippen molar-refractivity contribution in [1.82, 2.24) is 10.9 Å². The third-order valence-electron chi connectivity index (χ3n) is 3.63. The second-order valence-corrected chi connectivity index (χ2v) is 5.34. The number of carbonyl (C=O) groups excluding carboxylic acids is 2. The smallest absolute Gasteiger partial charge is 0.454 e. The van der Waals surface area contributed by atoms with Crippen LogP contribution in [0.5, 0.6) is 5.75 Å². The van der Waals surface area contributed by atoms with Crippen LogP contribution in [0.15, 0.2) is 35.5 Å². The number of alkyl halides is 3. The summed E-state index contributed by atoms with van der Waals surface area (Å²) in [5.74, 6) is -1.62. The Labute approximate surface area is 136 Å². The van der Waals surface area contributed by atoms with Crippen molar-refractivity contribution in [2.24, 2.45) is 0 Å². The van der Waals surface area contributed by atoms with Gasteiger partial charge in [0, 0.05) is 11.3 Å². The van der Waals surface area contributed by atoms with Gasteiger partial charge in [-0.05, 0) is 37.0 Å². The first-order valence-corrected chi connectivity index (χ1v) is 7.32. The molecule has 2 rings (SSSR count). The summed E-state index contributed by atoms with van der Waals surface area (Å²) in [7, 11) is 1.53. The van der Waals surface area contributed by atoms with Gasteiger partial charge in [0.1, 0.15) is 5.75 Å². The molecule has 24 heavy (non-hydrogen) atoms. The number of allylic oxidation sites excluding steroid dienone is 2. The summed E-state index contributed by atoms with van der Waals surface area (Å²) in [6, 6.07) is 6.84. The molecule has 1 amide bonds. The lowest BCUT2D eigenvalue weighted by Gasteiger charge is -2.12. The van der Waals surface area contributed by atoms with Crippen molar-refractivity contribution in [1.29, 1.82) is 0 Å². The van der Waals surface area contributed by atoms with Crippen LogP contribution in [0.3, 0.4) is 0 Å². The predicted molar refractivity (Wildman–Crippen MR) is 79.9 cm³/mol. The Morgan fingerprint density at radius 2 is 1.83 bits per heavy atom. The van der Waals surface area contributed by atoms with Gasteiger partial charge in [0.15, 0.2) is 0 Å². The summed E-state index contributed by atoms with van der Waals surface area (Å²) in [5.41, 5.74) is 5.34. The Kier molecular flexibility index (Phi) is 5.48. The summed E-state index contributed by atoms with van der Waals surface area (Å²) >= 11 is 0. The van der Waals surface area contributed by atoms with E-state index in [1.807, 2.05) is 0 Å². The molecule has 1 aromatic rings. The number of rotatable bonds is 6. The van der Waals surface area contributed by atoms with E-state index in [-0.39, 0.29) is 24.1 Å². The second-order valence-electron chi connectivity index (χ2n) is 5.34. The number of amides is 1. The fourth-order valence-electron chi connectivity index (χ4n) is 2.42. The molecular weight excluding hydrogens is 325 g/mol. The highest BCUT2D eigenvalue weighted by molar-refractivity contribution is 6.00. The van der Waals surface area contributed by atoms with Crippen molar-refractivity contribution < 1.29 is 27.5 Å². The van der Waals surface area contributed by atoms with Crippen LogP contribution in [0.1, 0.15) is 24.8 Å². The first-order chi connectivity index (χ1) is 11.3. The molecule has 0 saturated carbocycles. The van der Waals surface area contributed by atoms with Crippen LogP contribution in [0.2, 0.25) is 0 Å². The highest BCUT2D eigenvalue weighted by atomic mass is 19.4. The van der Waals surface area contributed by atoms with Crippen molar-refractivity contribution in [3.05, 3.63) is 41.1 Å². The Morgan fingerprint density at radius 1 is 1.17 bits per heavy atom. The molecule has 0 saturated heterocycles. The standard InChI is InChI=1S/C16H17F3N2O3/c1-24-11-7-5-10(6-8-11)9-14(22)21-20-13-4-2-3-12(13)15(23)16(17,18)19/h5-8,20H,2-4,9H2,1H3,(H,21,22). The van der Waals surface area contributed by atoms with Gasteiger partial charge in [0.25, 0.3) is 5.78 Å². The van der Waals surface area contributed by atoms with E-state index >= 15 is 0 Å². The third-order valence-corrected chi connectivity index (χ3v) is 3.63.